The fourth-order valence-corrected chi connectivity index (χ4v) is 1.42. The van der Waals surface area contributed by atoms with Gasteiger partial charge in [0.1, 0.15) is 6.33 Å². The summed E-state index contributed by atoms with van der Waals surface area (Å²) < 4.78 is 0.985. The lowest BCUT2D eigenvalue weighted by Gasteiger charge is -2.18. The van der Waals surface area contributed by atoms with E-state index in [1.54, 1.807) is 18.4 Å². The van der Waals surface area contributed by atoms with Crippen molar-refractivity contribution in [2.45, 2.75) is 6.92 Å². The summed E-state index contributed by atoms with van der Waals surface area (Å²) in [6, 6.07) is 0. The lowest BCUT2D eigenvalue weighted by atomic mass is 10.5. The van der Waals surface area contributed by atoms with E-state index in [-0.39, 0.29) is 0 Å². The molecule has 0 bridgehead atoms. The van der Waals surface area contributed by atoms with E-state index in [0.717, 1.165) is 15.9 Å². The standard InChI is InChI=1S/C7H10IN3O/c1-3-11(12-2)7-6(8)4-9-5-10-7/h4-5H,3H2,1-2H3. The van der Waals surface area contributed by atoms with Gasteiger partial charge in [0.15, 0.2) is 5.82 Å². The fourth-order valence-electron chi connectivity index (χ4n) is 0.855. The molecule has 0 aliphatic rings. The second-order valence-electron chi connectivity index (χ2n) is 2.07. The Kier molecular flexibility index (Phi) is 3.67. The molecule has 0 N–H and O–H groups in total. The molecule has 0 radical (unpaired) electrons. The van der Waals surface area contributed by atoms with E-state index in [2.05, 4.69) is 32.6 Å². The van der Waals surface area contributed by atoms with Gasteiger partial charge in [0.2, 0.25) is 0 Å². The number of rotatable bonds is 3. The second kappa shape index (κ2) is 4.56. The van der Waals surface area contributed by atoms with Crippen LogP contribution in [-0.4, -0.2) is 23.6 Å². The van der Waals surface area contributed by atoms with Crippen LogP contribution >= 0.6 is 22.6 Å². The molecule has 5 heteroatoms. The number of hydrogen-bond acceptors (Lipinski definition) is 4. The highest BCUT2D eigenvalue weighted by Crippen LogP contribution is 2.17. The molecule has 0 aliphatic carbocycles. The minimum Gasteiger partial charge on any atom is -0.275 e. The first-order chi connectivity index (χ1) is 5.79. The summed E-state index contributed by atoms with van der Waals surface area (Å²) in [6.07, 6.45) is 3.27. The summed E-state index contributed by atoms with van der Waals surface area (Å²) in [6.45, 7) is 2.77. The number of nitrogens with zero attached hydrogens (tertiary/aromatic N) is 3. The number of hydroxylamine groups is 1. The number of halogens is 1. The fraction of sp³-hybridized carbons (Fsp3) is 0.429. The van der Waals surface area contributed by atoms with Crippen LogP contribution in [0.15, 0.2) is 12.5 Å². The minimum absolute atomic E-state index is 0.767. The Labute approximate surface area is 85.1 Å². The quantitative estimate of drug-likeness (QED) is 0.620. The number of hydrogen-bond donors (Lipinski definition) is 0. The van der Waals surface area contributed by atoms with Gasteiger partial charge in [0, 0.05) is 12.7 Å². The van der Waals surface area contributed by atoms with Gasteiger partial charge in [-0.3, -0.25) is 4.84 Å². The van der Waals surface area contributed by atoms with Gasteiger partial charge in [0.05, 0.1) is 10.7 Å². The van der Waals surface area contributed by atoms with Crippen molar-refractivity contribution in [1.29, 1.82) is 0 Å². The van der Waals surface area contributed by atoms with Crippen molar-refractivity contribution >= 4 is 28.4 Å². The Bertz CT molecular complexity index is 252. The van der Waals surface area contributed by atoms with Gasteiger partial charge in [-0.05, 0) is 29.5 Å². The molecule has 1 heterocycles. The highest BCUT2D eigenvalue weighted by Gasteiger charge is 2.07. The number of anilines is 1. The third kappa shape index (κ3) is 2.04. The SMILES string of the molecule is CCN(OC)c1ncncc1I. The van der Waals surface area contributed by atoms with Crippen molar-refractivity contribution in [2.24, 2.45) is 0 Å². The molecule has 0 unspecified atom stereocenters. The van der Waals surface area contributed by atoms with Crippen molar-refractivity contribution < 1.29 is 4.84 Å². The molecule has 4 nitrogen and oxygen atoms in total. The van der Waals surface area contributed by atoms with Crippen LogP contribution in [0, 0.1) is 3.57 Å². The molecule has 0 amide bonds. The Balaban J connectivity index is 2.92. The molecule has 12 heavy (non-hydrogen) atoms. The van der Waals surface area contributed by atoms with E-state index in [1.807, 2.05) is 6.92 Å². The molecule has 0 saturated carbocycles. The van der Waals surface area contributed by atoms with Gasteiger partial charge >= 0.3 is 0 Å². The second-order valence-corrected chi connectivity index (χ2v) is 3.23. The van der Waals surface area contributed by atoms with Crippen molar-refractivity contribution in [1.82, 2.24) is 9.97 Å². The highest BCUT2D eigenvalue weighted by molar-refractivity contribution is 14.1. The van der Waals surface area contributed by atoms with E-state index in [9.17, 15) is 0 Å². The van der Waals surface area contributed by atoms with Crippen LogP contribution in [0.5, 0.6) is 0 Å². The van der Waals surface area contributed by atoms with E-state index in [4.69, 9.17) is 4.84 Å². The summed E-state index contributed by atoms with van der Waals surface area (Å²) in [5.74, 6) is 0.815. The maximum atomic E-state index is 5.10. The molecular formula is C7H10IN3O. The van der Waals surface area contributed by atoms with Gasteiger partial charge in [-0.2, -0.15) is 0 Å². The normalized spacial score (nSPS) is 9.92. The molecule has 0 saturated heterocycles. The summed E-state index contributed by atoms with van der Waals surface area (Å²) in [4.78, 5) is 13.1. The van der Waals surface area contributed by atoms with Gasteiger partial charge in [-0.1, -0.05) is 0 Å². The lowest BCUT2D eigenvalue weighted by Crippen LogP contribution is -2.23. The lowest BCUT2D eigenvalue weighted by molar-refractivity contribution is 0.168. The van der Waals surface area contributed by atoms with Crippen molar-refractivity contribution in [3.05, 3.63) is 16.1 Å². The molecular weight excluding hydrogens is 269 g/mol. The van der Waals surface area contributed by atoms with E-state index < -0.39 is 0 Å². The summed E-state index contributed by atoms with van der Waals surface area (Å²) >= 11 is 2.18. The maximum absolute atomic E-state index is 5.10. The predicted octanol–water partition coefficient (Wildman–Crippen LogP) is 1.47. The first-order valence-electron chi connectivity index (χ1n) is 3.56. The molecule has 1 aromatic rings. The van der Waals surface area contributed by atoms with Crippen molar-refractivity contribution in [2.75, 3.05) is 18.7 Å². The first kappa shape index (κ1) is 9.66. The Morgan fingerprint density at radius 1 is 1.67 bits per heavy atom. The van der Waals surface area contributed by atoms with Gasteiger partial charge in [-0.25, -0.2) is 15.0 Å². The van der Waals surface area contributed by atoms with Crippen molar-refractivity contribution in [3.63, 3.8) is 0 Å². The zero-order valence-electron chi connectivity index (χ0n) is 6.99. The van der Waals surface area contributed by atoms with Gasteiger partial charge < -0.3 is 0 Å². The topological polar surface area (TPSA) is 38.2 Å². The predicted molar refractivity (Wildman–Crippen MR) is 54.8 cm³/mol. The van der Waals surface area contributed by atoms with Crippen LogP contribution in [0.1, 0.15) is 6.92 Å². The molecule has 1 aromatic heterocycles. The Morgan fingerprint density at radius 3 is 2.92 bits per heavy atom. The first-order valence-corrected chi connectivity index (χ1v) is 4.64. The van der Waals surface area contributed by atoms with E-state index >= 15 is 0 Å². The third-order valence-corrected chi connectivity index (χ3v) is 2.15. The third-order valence-electron chi connectivity index (χ3n) is 1.39. The minimum atomic E-state index is 0.767. The molecule has 0 aromatic carbocycles. The highest BCUT2D eigenvalue weighted by atomic mass is 127. The summed E-state index contributed by atoms with van der Waals surface area (Å²) in [7, 11) is 1.63. The summed E-state index contributed by atoms with van der Waals surface area (Å²) in [5.41, 5.74) is 0. The Hall–Kier alpha value is -0.430. The smallest absolute Gasteiger partial charge is 0.169 e. The van der Waals surface area contributed by atoms with Gasteiger partial charge in [-0.15, -0.1) is 0 Å². The zero-order chi connectivity index (χ0) is 8.97. The van der Waals surface area contributed by atoms with Crippen LogP contribution in [0.3, 0.4) is 0 Å². The van der Waals surface area contributed by atoms with E-state index in [0.29, 0.717) is 0 Å². The molecule has 66 valence electrons. The molecule has 0 spiro atoms. The zero-order valence-corrected chi connectivity index (χ0v) is 9.15. The van der Waals surface area contributed by atoms with Crippen LogP contribution in [0.2, 0.25) is 0 Å². The van der Waals surface area contributed by atoms with Crippen LogP contribution in [0.4, 0.5) is 5.82 Å². The Morgan fingerprint density at radius 2 is 2.42 bits per heavy atom. The average Bonchev–Trinajstić information content (AvgIpc) is 2.10. The maximum Gasteiger partial charge on any atom is 0.169 e. The average molecular weight is 279 g/mol. The van der Waals surface area contributed by atoms with Crippen LogP contribution < -0.4 is 5.06 Å². The molecule has 0 atom stereocenters. The largest absolute Gasteiger partial charge is 0.275 e. The molecule has 0 fully saturated rings. The van der Waals surface area contributed by atoms with E-state index in [1.165, 1.54) is 6.33 Å². The molecule has 0 aliphatic heterocycles. The summed E-state index contributed by atoms with van der Waals surface area (Å²) in [5, 5.41) is 1.71. The van der Waals surface area contributed by atoms with Crippen LogP contribution in [0.25, 0.3) is 0 Å². The number of aromatic nitrogens is 2. The van der Waals surface area contributed by atoms with Crippen molar-refractivity contribution in [3.8, 4) is 0 Å². The van der Waals surface area contributed by atoms with Crippen LogP contribution in [-0.2, 0) is 4.84 Å². The van der Waals surface area contributed by atoms with Gasteiger partial charge in [0.25, 0.3) is 0 Å². The monoisotopic (exact) mass is 279 g/mol. The molecule has 1 rings (SSSR count).